The molecule has 0 amide bonds. The molecule has 0 spiro atoms. The minimum absolute atomic E-state index is 0.00961. The Balaban J connectivity index is 2.19. The second kappa shape index (κ2) is 9.46. The van der Waals surface area contributed by atoms with Crippen molar-refractivity contribution in [3.63, 3.8) is 0 Å². The quantitative estimate of drug-likeness (QED) is 0.428. The fraction of sp³-hybridized carbons (Fsp3) is 0.211. The Morgan fingerprint density at radius 2 is 1.68 bits per heavy atom. The molecule has 0 aliphatic carbocycles. The maximum atomic E-state index is 12.5. The first-order valence-corrected chi connectivity index (χ1v) is 7.53. The molecule has 2 aromatic carbocycles. The number of ketones is 1. The first kappa shape index (κ1) is 18.5. The molecule has 1 N–H and O–H groups in total. The number of phenolic OH excluding ortho intramolecular Hbond substituents is 1. The Morgan fingerprint density at radius 3 is 2.36 bits per heavy atom. The predicted molar refractivity (Wildman–Crippen MR) is 92.9 cm³/mol. The molecular formula is C19H20O6. The number of benzene rings is 2. The number of hydrogen-bond acceptors (Lipinski definition) is 6. The third-order valence-electron chi connectivity index (χ3n) is 3.21. The first-order valence-electron chi connectivity index (χ1n) is 7.53. The molecule has 2 rings (SSSR count). The second-order valence-electron chi connectivity index (χ2n) is 5.05. The van der Waals surface area contributed by atoms with Gasteiger partial charge in [-0.1, -0.05) is 18.2 Å². The summed E-state index contributed by atoms with van der Waals surface area (Å²) in [5, 5.41) is 9.28. The van der Waals surface area contributed by atoms with Crippen molar-refractivity contribution in [1.82, 2.24) is 0 Å². The number of hydrogen-bond donors (Lipinski definition) is 1. The molecule has 0 fully saturated rings. The Bertz CT molecular complexity index is 721. The van der Waals surface area contributed by atoms with Crippen molar-refractivity contribution >= 4 is 11.9 Å². The summed E-state index contributed by atoms with van der Waals surface area (Å²) in [4.78, 5) is 12.5. The van der Waals surface area contributed by atoms with E-state index in [0.29, 0.717) is 17.1 Å². The standard InChI is InChI=1S/C19H20O6/c1-22-12-24-16-8-9-17(19(11-16)25-13-23-2)18(21)10-5-14-3-6-15(20)7-4-14/h3-11,20H,12-13H2,1-2H3/b10-5+. The molecule has 0 aliphatic heterocycles. The van der Waals surface area contributed by atoms with E-state index in [1.54, 1.807) is 48.5 Å². The molecule has 0 saturated carbocycles. The molecule has 0 unspecified atom stereocenters. The van der Waals surface area contributed by atoms with Gasteiger partial charge in [0.25, 0.3) is 0 Å². The summed E-state index contributed by atoms with van der Waals surface area (Å²) in [5.41, 5.74) is 1.18. The Kier molecular flexibility index (Phi) is 7.00. The van der Waals surface area contributed by atoms with E-state index in [0.717, 1.165) is 5.56 Å². The van der Waals surface area contributed by atoms with Crippen LogP contribution in [0.3, 0.4) is 0 Å². The lowest BCUT2D eigenvalue weighted by Gasteiger charge is -2.11. The second-order valence-corrected chi connectivity index (χ2v) is 5.05. The van der Waals surface area contributed by atoms with Gasteiger partial charge in [-0.3, -0.25) is 4.79 Å². The van der Waals surface area contributed by atoms with Crippen LogP contribution in [0.1, 0.15) is 15.9 Å². The number of phenols is 1. The maximum Gasteiger partial charge on any atom is 0.189 e. The van der Waals surface area contributed by atoms with E-state index in [-0.39, 0.29) is 25.1 Å². The first-order chi connectivity index (χ1) is 12.1. The highest BCUT2D eigenvalue weighted by Crippen LogP contribution is 2.26. The average molecular weight is 344 g/mol. The van der Waals surface area contributed by atoms with E-state index < -0.39 is 0 Å². The number of carbonyl (C=O) groups excluding carboxylic acids is 1. The fourth-order valence-electron chi connectivity index (χ4n) is 2.01. The van der Waals surface area contributed by atoms with Crippen LogP contribution in [0, 0.1) is 0 Å². The Hall–Kier alpha value is -2.83. The summed E-state index contributed by atoms with van der Waals surface area (Å²) in [6.07, 6.45) is 3.11. The Labute approximate surface area is 146 Å². The largest absolute Gasteiger partial charge is 0.508 e. The van der Waals surface area contributed by atoms with Crippen molar-refractivity contribution in [2.45, 2.75) is 0 Å². The van der Waals surface area contributed by atoms with Crippen LogP contribution in [0.4, 0.5) is 0 Å². The van der Waals surface area contributed by atoms with E-state index in [1.165, 1.54) is 20.3 Å². The topological polar surface area (TPSA) is 74.2 Å². The van der Waals surface area contributed by atoms with Crippen LogP contribution >= 0.6 is 0 Å². The van der Waals surface area contributed by atoms with Gasteiger partial charge in [0.05, 0.1) is 5.56 Å². The predicted octanol–water partition coefficient (Wildman–Crippen LogP) is 3.25. The van der Waals surface area contributed by atoms with Crippen LogP contribution in [0.5, 0.6) is 17.2 Å². The molecule has 0 saturated heterocycles. The lowest BCUT2D eigenvalue weighted by molar-refractivity contribution is 0.0456. The summed E-state index contributed by atoms with van der Waals surface area (Å²) < 4.78 is 20.6. The van der Waals surface area contributed by atoms with Crippen LogP contribution in [-0.4, -0.2) is 38.7 Å². The average Bonchev–Trinajstić information content (AvgIpc) is 2.64. The van der Waals surface area contributed by atoms with Crippen LogP contribution in [-0.2, 0) is 9.47 Å². The van der Waals surface area contributed by atoms with E-state index >= 15 is 0 Å². The zero-order chi connectivity index (χ0) is 18.1. The monoisotopic (exact) mass is 344 g/mol. The molecule has 132 valence electrons. The molecule has 0 heterocycles. The summed E-state index contributed by atoms with van der Waals surface area (Å²) in [6, 6.07) is 11.4. The van der Waals surface area contributed by atoms with Gasteiger partial charge in [0.15, 0.2) is 19.4 Å². The van der Waals surface area contributed by atoms with Gasteiger partial charge in [-0.05, 0) is 35.9 Å². The van der Waals surface area contributed by atoms with Crippen LogP contribution < -0.4 is 9.47 Å². The number of carbonyl (C=O) groups is 1. The van der Waals surface area contributed by atoms with Crippen molar-refractivity contribution in [1.29, 1.82) is 0 Å². The lowest BCUT2D eigenvalue weighted by Crippen LogP contribution is -2.06. The zero-order valence-electron chi connectivity index (χ0n) is 14.1. The number of rotatable bonds is 9. The van der Waals surface area contributed by atoms with Gasteiger partial charge < -0.3 is 24.1 Å². The molecule has 2 aromatic rings. The van der Waals surface area contributed by atoms with Crippen molar-refractivity contribution in [3.05, 3.63) is 59.7 Å². The van der Waals surface area contributed by atoms with Gasteiger partial charge in [-0.2, -0.15) is 0 Å². The van der Waals surface area contributed by atoms with Crippen LogP contribution in [0.25, 0.3) is 6.08 Å². The maximum absolute atomic E-state index is 12.5. The lowest BCUT2D eigenvalue weighted by atomic mass is 10.1. The van der Waals surface area contributed by atoms with Gasteiger partial charge in [0.1, 0.15) is 17.2 Å². The molecule has 0 atom stereocenters. The molecular weight excluding hydrogens is 324 g/mol. The number of aromatic hydroxyl groups is 1. The SMILES string of the molecule is COCOc1ccc(C(=O)/C=C/c2ccc(O)cc2)c(OCOC)c1. The Morgan fingerprint density at radius 1 is 1.00 bits per heavy atom. The molecule has 0 bridgehead atoms. The summed E-state index contributed by atoms with van der Waals surface area (Å²) >= 11 is 0. The van der Waals surface area contributed by atoms with E-state index in [2.05, 4.69) is 0 Å². The molecule has 6 heteroatoms. The van der Waals surface area contributed by atoms with Crippen molar-refractivity contribution < 1.29 is 28.8 Å². The van der Waals surface area contributed by atoms with Gasteiger partial charge in [-0.15, -0.1) is 0 Å². The molecule has 0 aromatic heterocycles. The minimum atomic E-state index is -0.225. The van der Waals surface area contributed by atoms with Gasteiger partial charge in [-0.25, -0.2) is 0 Å². The van der Waals surface area contributed by atoms with E-state index in [1.807, 2.05) is 0 Å². The highest BCUT2D eigenvalue weighted by atomic mass is 16.7. The molecule has 0 radical (unpaired) electrons. The van der Waals surface area contributed by atoms with Crippen molar-refractivity contribution in [2.75, 3.05) is 27.8 Å². The van der Waals surface area contributed by atoms with Crippen molar-refractivity contribution in [2.24, 2.45) is 0 Å². The molecule has 0 aliphatic rings. The van der Waals surface area contributed by atoms with Gasteiger partial charge in [0.2, 0.25) is 0 Å². The van der Waals surface area contributed by atoms with Crippen molar-refractivity contribution in [3.8, 4) is 17.2 Å². The third-order valence-corrected chi connectivity index (χ3v) is 3.21. The molecule has 6 nitrogen and oxygen atoms in total. The number of methoxy groups -OCH3 is 2. The summed E-state index contributed by atoms with van der Waals surface area (Å²) in [5.74, 6) is 0.825. The van der Waals surface area contributed by atoms with E-state index in [9.17, 15) is 9.90 Å². The minimum Gasteiger partial charge on any atom is -0.508 e. The smallest absolute Gasteiger partial charge is 0.189 e. The highest BCUT2D eigenvalue weighted by molar-refractivity contribution is 6.08. The number of allylic oxidation sites excluding steroid dienone is 1. The number of ether oxygens (including phenoxy) is 4. The third kappa shape index (κ3) is 5.63. The normalized spacial score (nSPS) is 10.8. The summed E-state index contributed by atoms with van der Waals surface area (Å²) in [7, 11) is 3.02. The van der Waals surface area contributed by atoms with Crippen LogP contribution in [0.2, 0.25) is 0 Å². The zero-order valence-corrected chi connectivity index (χ0v) is 14.1. The van der Waals surface area contributed by atoms with Gasteiger partial charge in [0, 0.05) is 20.3 Å². The summed E-state index contributed by atoms with van der Waals surface area (Å²) in [6.45, 7) is 0.105. The fourth-order valence-corrected chi connectivity index (χ4v) is 2.01. The van der Waals surface area contributed by atoms with E-state index in [4.69, 9.17) is 18.9 Å². The molecule has 25 heavy (non-hydrogen) atoms. The van der Waals surface area contributed by atoms with Crippen LogP contribution in [0.15, 0.2) is 48.5 Å². The highest BCUT2D eigenvalue weighted by Gasteiger charge is 2.12. The van der Waals surface area contributed by atoms with Gasteiger partial charge >= 0.3 is 0 Å².